The molecular weight excluding hydrogens is 355 g/mol. The van der Waals surface area contributed by atoms with Gasteiger partial charge in [-0.15, -0.1) is 0 Å². The highest BCUT2D eigenvalue weighted by atomic mass is 19.4. The Kier molecular flexibility index (Phi) is 5.86. The van der Waals surface area contributed by atoms with Crippen molar-refractivity contribution in [3.8, 4) is 11.5 Å². The molecule has 1 aromatic carbocycles. The fourth-order valence-corrected chi connectivity index (χ4v) is 2.06. The first-order valence-corrected chi connectivity index (χ1v) is 7.40. The minimum absolute atomic E-state index is 0.0677. The van der Waals surface area contributed by atoms with Crippen molar-refractivity contribution < 1.29 is 32.2 Å². The third-order valence-electron chi connectivity index (χ3n) is 3.19. The van der Waals surface area contributed by atoms with E-state index in [4.69, 9.17) is 9.47 Å². The number of carbonyl (C=O) groups excluding carboxylic acids is 1. The van der Waals surface area contributed by atoms with Crippen LogP contribution in [0.1, 0.15) is 23.0 Å². The molecule has 0 amide bonds. The van der Waals surface area contributed by atoms with Crippen molar-refractivity contribution in [2.24, 2.45) is 0 Å². The van der Waals surface area contributed by atoms with Gasteiger partial charge < -0.3 is 19.5 Å². The molecular formula is C16H16F3N3O4. The third-order valence-corrected chi connectivity index (χ3v) is 3.19. The second kappa shape index (κ2) is 7.89. The topological polar surface area (TPSA) is 82.6 Å². The van der Waals surface area contributed by atoms with Crippen molar-refractivity contribution >= 4 is 17.6 Å². The standard InChI is InChI=1S/C16H16F3N3O4/c1-4-26-14(23)10-8-20-15(22-13(10)16(17,18)19)21-9-5-6-11(24-2)12(7-9)25-3/h5-8H,4H2,1-3H3,(H,20,21,22). The van der Waals surface area contributed by atoms with Gasteiger partial charge in [0.15, 0.2) is 17.2 Å². The number of hydrogen-bond donors (Lipinski definition) is 1. The van der Waals surface area contributed by atoms with Gasteiger partial charge in [-0.1, -0.05) is 0 Å². The number of rotatable bonds is 6. The summed E-state index contributed by atoms with van der Waals surface area (Å²) in [4.78, 5) is 18.9. The molecule has 1 heterocycles. The number of aromatic nitrogens is 2. The van der Waals surface area contributed by atoms with Crippen molar-refractivity contribution in [2.75, 3.05) is 26.1 Å². The number of alkyl halides is 3. The van der Waals surface area contributed by atoms with Crippen molar-refractivity contribution in [1.82, 2.24) is 9.97 Å². The second-order valence-electron chi connectivity index (χ2n) is 4.87. The quantitative estimate of drug-likeness (QED) is 0.779. The highest BCUT2D eigenvalue weighted by Gasteiger charge is 2.38. The van der Waals surface area contributed by atoms with Crippen LogP contribution in [0.25, 0.3) is 0 Å². The van der Waals surface area contributed by atoms with Crippen LogP contribution in [0.3, 0.4) is 0 Å². The molecule has 0 fully saturated rings. The second-order valence-corrected chi connectivity index (χ2v) is 4.87. The molecule has 0 saturated carbocycles. The van der Waals surface area contributed by atoms with Gasteiger partial charge in [0.2, 0.25) is 5.95 Å². The molecule has 0 atom stereocenters. The van der Waals surface area contributed by atoms with E-state index in [-0.39, 0.29) is 12.6 Å². The molecule has 0 saturated heterocycles. The lowest BCUT2D eigenvalue weighted by Gasteiger charge is -2.13. The minimum atomic E-state index is -4.85. The summed E-state index contributed by atoms with van der Waals surface area (Å²) in [7, 11) is 2.88. The molecule has 1 N–H and O–H groups in total. The Labute approximate surface area is 147 Å². The van der Waals surface area contributed by atoms with Crippen molar-refractivity contribution in [3.63, 3.8) is 0 Å². The van der Waals surface area contributed by atoms with Gasteiger partial charge in [-0.2, -0.15) is 13.2 Å². The van der Waals surface area contributed by atoms with Crippen LogP contribution in [-0.4, -0.2) is 36.8 Å². The molecule has 2 aromatic rings. The Morgan fingerprint density at radius 2 is 1.88 bits per heavy atom. The first-order chi connectivity index (χ1) is 12.3. The Bertz CT molecular complexity index is 797. The monoisotopic (exact) mass is 371 g/mol. The number of esters is 1. The summed E-state index contributed by atoms with van der Waals surface area (Å²) >= 11 is 0. The van der Waals surface area contributed by atoms with E-state index >= 15 is 0 Å². The lowest BCUT2D eigenvalue weighted by atomic mass is 10.2. The first-order valence-electron chi connectivity index (χ1n) is 7.40. The van der Waals surface area contributed by atoms with Crippen LogP contribution >= 0.6 is 0 Å². The van der Waals surface area contributed by atoms with E-state index in [1.807, 2.05) is 0 Å². The smallest absolute Gasteiger partial charge is 0.434 e. The van der Waals surface area contributed by atoms with E-state index in [9.17, 15) is 18.0 Å². The summed E-state index contributed by atoms with van der Waals surface area (Å²) in [5, 5.41) is 2.63. The maximum Gasteiger partial charge on any atom is 0.434 e. The Balaban J connectivity index is 2.38. The number of carbonyl (C=O) groups is 1. The summed E-state index contributed by atoms with van der Waals surface area (Å²) < 4.78 is 54.5. The molecule has 1 aromatic heterocycles. The average molecular weight is 371 g/mol. The largest absolute Gasteiger partial charge is 0.493 e. The normalized spacial score (nSPS) is 11.0. The van der Waals surface area contributed by atoms with Gasteiger partial charge in [-0.05, 0) is 19.1 Å². The molecule has 0 aliphatic heterocycles. The number of anilines is 2. The molecule has 7 nitrogen and oxygen atoms in total. The maximum atomic E-state index is 13.2. The van der Waals surface area contributed by atoms with E-state index in [0.717, 1.165) is 6.20 Å². The van der Waals surface area contributed by atoms with Gasteiger partial charge >= 0.3 is 12.1 Å². The van der Waals surface area contributed by atoms with Gasteiger partial charge in [-0.25, -0.2) is 14.8 Å². The predicted molar refractivity (Wildman–Crippen MR) is 85.8 cm³/mol. The van der Waals surface area contributed by atoms with E-state index in [1.54, 1.807) is 12.1 Å². The average Bonchev–Trinajstić information content (AvgIpc) is 2.61. The number of methoxy groups -OCH3 is 2. The Morgan fingerprint density at radius 3 is 2.46 bits per heavy atom. The summed E-state index contributed by atoms with van der Waals surface area (Å²) in [6.07, 6.45) is -4.07. The number of nitrogens with one attached hydrogen (secondary N) is 1. The SMILES string of the molecule is CCOC(=O)c1cnc(Nc2ccc(OC)c(OC)c2)nc1C(F)(F)F. The number of benzene rings is 1. The van der Waals surface area contributed by atoms with Crippen LogP contribution in [0.5, 0.6) is 11.5 Å². The van der Waals surface area contributed by atoms with Crippen LogP contribution < -0.4 is 14.8 Å². The lowest BCUT2D eigenvalue weighted by Crippen LogP contribution is -2.19. The third kappa shape index (κ3) is 4.32. The number of hydrogen-bond acceptors (Lipinski definition) is 7. The predicted octanol–water partition coefficient (Wildman–Crippen LogP) is 3.43. The molecule has 10 heteroatoms. The van der Waals surface area contributed by atoms with Crippen LogP contribution in [0.15, 0.2) is 24.4 Å². The summed E-state index contributed by atoms with van der Waals surface area (Å²) in [6, 6.07) is 4.63. The molecule has 0 aliphatic carbocycles. The Morgan fingerprint density at radius 1 is 1.19 bits per heavy atom. The lowest BCUT2D eigenvalue weighted by molar-refractivity contribution is -0.141. The fraction of sp³-hybridized carbons (Fsp3) is 0.312. The van der Waals surface area contributed by atoms with Gasteiger partial charge in [0.1, 0.15) is 5.56 Å². The van der Waals surface area contributed by atoms with E-state index < -0.39 is 23.4 Å². The van der Waals surface area contributed by atoms with E-state index in [2.05, 4.69) is 20.0 Å². The zero-order valence-electron chi connectivity index (χ0n) is 14.2. The highest BCUT2D eigenvalue weighted by molar-refractivity contribution is 5.90. The maximum absolute atomic E-state index is 13.2. The number of halogens is 3. The van der Waals surface area contributed by atoms with Crippen molar-refractivity contribution in [2.45, 2.75) is 13.1 Å². The Hall–Kier alpha value is -3.04. The molecule has 0 bridgehead atoms. The molecule has 2 rings (SSSR count). The first kappa shape index (κ1) is 19.3. The van der Waals surface area contributed by atoms with Crippen LogP contribution in [-0.2, 0) is 10.9 Å². The summed E-state index contributed by atoms with van der Waals surface area (Å²) in [6.45, 7) is 1.42. The summed E-state index contributed by atoms with van der Waals surface area (Å²) in [5.41, 5.74) is -1.76. The van der Waals surface area contributed by atoms with Gasteiger partial charge in [0.05, 0.1) is 20.8 Å². The van der Waals surface area contributed by atoms with Gasteiger partial charge in [0, 0.05) is 18.0 Å². The zero-order valence-corrected chi connectivity index (χ0v) is 14.2. The summed E-state index contributed by atoms with van der Waals surface area (Å²) in [5.74, 6) is -0.653. The van der Waals surface area contributed by atoms with Gasteiger partial charge in [-0.3, -0.25) is 0 Å². The van der Waals surface area contributed by atoms with Crippen molar-refractivity contribution in [1.29, 1.82) is 0 Å². The molecule has 26 heavy (non-hydrogen) atoms. The van der Waals surface area contributed by atoms with Gasteiger partial charge in [0.25, 0.3) is 0 Å². The van der Waals surface area contributed by atoms with E-state index in [0.29, 0.717) is 17.2 Å². The van der Waals surface area contributed by atoms with Crippen LogP contribution in [0.4, 0.5) is 24.8 Å². The number of ether oxygens (including phenoxy) is 3. The van der Waals surface area contributed by atoms with Crippen LogP contribution in [0, 0.1) is 0 Å². The van der Waals surface area contributed by atoms with Crippen LogP contribution in [0.2, 0.25) is 0 Å². The van der Waals surface area contributed by atoms with E-state index in [1.165, 1.54) is 27.2 Å². The fourth-order valence-electron chi connectivity index (χ4n) is 2.06. The molecule has 0 aliphatic rings. The zero-order chi connectivity index (χ0) is 19.3. The van der Waals surface area contributed by atoms with Crippen molar-refractivity contribution in [3.05, 3.63) is 35.7 Å². The molecule has 140 valence electrons. The minimum Gasteiger partial charge on any atom is -0.493 e. The highest BCUT2D eigenvalue weighted by Crippen LogP contribution is 2.33. The number of nitrogens with zero attached hydrogens (tertiary/aromatic N) is 2. The molecule has 0 unspecified atom stereocenters. The molecule has 0 spiro atoms. The molecule has 0 radical (unpaired) electrons.